The van der Waals surface area contributed by atoms with Crippen molar-refractivity contribution < 1.29 is 8.95 Å². The van der Waals surface area contributed by atoms with Crippen molar-refractivity contribution in [3.05, 3.63) is 66.0 Å². The quantitative estimate of drug-likeness (QED) is 0.249. The number of nitrogens with one attached hydrogen (secondary N) is 1. The second-order valence-corrected chi connectivity index (χ2v) is 15.3. The molecule has 1 saturated carbocycles. The van der Waals surface area contributed by atoms with Crippen LogP contribution in [0.15, 0.2) is 64.1 Å². The third-order valence-corrected chi connectivity index (χ3v) is 11.8. The van der Waals surface area contributed by atoms with E-state index in [0.717, 1.165) is 97.7 Å². The molecular formula is C36H45N5O2S. The summed E-state index contributed by atoms with van der Waals surface area (Å²) in [6.45, 7) is 10.7. The summed E-state index contributed by atoms with van der Waals surface area (Å²) in [6, 6.07) is 15.9. The molecule has 1 aliphatic carbocycles. The van der Waals surface area contributed by atoms with Gasteiger partial charge in [-0.2, -0.15) is 0 Å². The molecule has 1 N–H and O–H groups in total. The fourth-order valence-electron chi connectivity index (χ4n) is 7.62. The van der Waals surface area contributed by atoms with Crippen LogP contribution in [0.2, 0.25) is 0 Å². The van der Waals surface area contributed by atoms with Crippen molar-refractivity contribution in [2.45, 2.75) is 69.4 Å². The lowest BCUT2D eigenvalue weighted by atomic mass is 9.97. The smallest absolute Gasteiger partial charge is 0.137 e. The van der Waals surface area contributed by atoms with Crippen molar-refractivity contribution in [1.29, 1.82) is 0 Å². The molecule has 4 aromatic rings. The van der Waals surface area contributed by atoms with Crippen molar-refractivity contribution in [2.24, 2.45) is 4.36 Å². The Kier molecular flexibility index (Phi) is 8.25. The van der Waals surface area contributed by atoms with E-state index < -0.39 is 9.73 Å². The third-order valence-electron chi connectivity index (χ3n) is 9.97. The van der Waals surface area contributed by atoms with E-state index in [1.807, 2.05) is 24.5 Å². The van der Waals surface area contributed by atoms with Crippen molar-refractivity contribution in [1.82, 2.24) is 14.9 Å². The number of hydrogen-bond donors (Lipinski definition) is 1. The maximum Gasteiger partial charge on any atom is 0.137 e. The number of aromatic nitrogens is 2. The number of nitrogens with zero attached hydrogens (tertiary/aromatic N) is 4. The number of anilines is 1. The highest BCUT2D eigenvalue weighted by atomic mass is 32.2. The Labute approximate surface area is 262 Å². The van der Waals surface area contributed by atoms with Crippen LogP contribution in [0, 0.1) is 13.8 Å². The molecule has 7 nitrogen and oxygen atoms in total. The molecule has 0 spiro atoms. The SMILES string of the molecule is Cc1cc(-c2cnc3[nH]cc(-c4ccc(S(C)(=O)=NC5CCCC5)cc4)c3c2)cc(C)c1N1CCN(C2CCOCC2)CC1. The Balaban J connectivity index is 1.12. The van der Waals surface area contributed by atoms with Crippen LogP contribution in [0.25, 0.3) is 33.3 Å². The van der Waals surface area contributed by atoms with Crippen molar-refractivity contribution in [3.8, 4) is 22.3 Å². The molecule has 4 heterocycles. The normalized spacial score (nSPS) is 20.3. The lowest BCUT2D eigenvalue weighted by molar-refractivity contribution is 0.0321. The van der Waals surface area contributed by atoms with Gasteiger partial charge >= 0.3 is 0 Å². The average molecular weight is 612 g/mol. The topological polar surface area (TPSA) is 73.8 Å². The minimum absolute atomic E-state index is 0.235. The van der Waals surface area contributed by atoms with E-state index in [-0.39, 0.29) is 6.04 Å². The monoisotopic (exact) mass is 611 g/mol. The predicted octanol–water partition coefficient (Wildman–Crippen LogP) is 7.21. The molecule has 0 bridgehead atoms. The zero-order chi connectivity index (χ0) is 30.3. The molecule has 232 valence electrons. The first-order valence-corrected chi connectivity index (χ1v) is 18.3. The number of aromatic amines is 1. The van der Waals surface area contributed by atoms with Gasteiger partial charge in [0.15, 0.2) is 0 Å². The van der Waals surface area contributed by atoms with Crippen LogP contribution in [-0.2, 0) is 14.5 Å². The number of hydrogen-bond acceptors (Lipinski definition) is 6. The van der Waals surface area contributed by atoms with Crippen LogP contribution in [-0.4, -0.2) is 76.8 Å². The van der Waals surface area contributed by atoms with Crippen LogP contribution in [0.1, 0.15) is 49.7 Å². The Bertz CT molecular complexity index is 1730. The van der Waals surface area contributed by atoms with E-state index >= 15 is 0 Å². The van der Waals surface area contributed by atoms with Gasteiger partial charge in [0.05, 0.1) is 15.8 Å². The van der Waals surface area contributed by atoms with Gasteiger partial charge in [-0.3, -0.25) is 4.90 Å². The molecule has 2 aromatic heterocycles. The first-order chi connectivity index (χ1) is 21.4. The summed E-state index contributed by atoms with van der Waals surface area (Å²) >= 11 is 0. The van der Waals surface area contributed by atoms with Gasteiger partial charge in [0.2, 0.25) is 0 Å². The van der Waals surface area contributed by atoms with Crippen LogP contribution in [0.5, 0.6) is 0 Å². The number of pyridine rings is 1. The number of fused-ring (bicyclic) bond motifs is 1. The minimum Gasteiger partial charge on any atom is -0.381 e. The Morgan fingerprint density at radius 1 is 0.886 bits per heavy atom. The molecule has 2 aliphatic heterocycles. The molecule has 0 amide bonds. The van der Waals surface area contributed by atoms with E-state index in [0.29, 0.717) is 6.04 Å². The zero-order valence-electron chi connectivity index (χ0n) is 26.3. The summed E-state index contributed by atoms with van der Waals surface area (Å²) < 4.78 is 23.7. The number of rotatable bonds is 6. The Morgan fingerprint density at radius 3 is 2.25 bits per heavy atom. The largest absolute Gasteiger partial charge is 0.381 e. The number of piperazine rings is 1. The van der Waals surface area contributed by atoms with E-state index in [2.05, 4.69) is 59.0 Å². The standard InChI is InChI=1S/C36H45N5O2S/c1-25-20-28(21-26(2)35(25)41-16-14-40(15-17-41)31-12-18-43-19-13-31)29-22-33-34(24-38-36(33)37-23-29)27-8-10-32(11-9-27)44(3,42)39-30-6-4-5-7-30/h8-11,20-24,30-31H,4-7,12-19H2,1-3H3,(H,37,38). The average Bonchev–Trinajstić information content (AvgIpc) is 3.71. The van der Waals surface area contributed by atoms with Gasteiger partial charge in [0, 0.05) is 91.2 Å². The molecular weight excluding hydrogens is 566 g/mol. The summed E-state index contributed by atoms with van der Waals surface area (Å²) in [7, 11) is -2.40. The van der Waals surface area contributed by atoms with Crippen molar-refractivity contribution in [3.63, 3.8) is 0 Å². The van der Waals surface area contributed by atoms with Gasteiger partial charge < -0.3 is 14.6 Å². The molecule has 8 heteroatoms. The van der Waals surface area contributed by atoms with Crippen molar-refractivity contribution >= 4 is 26.4 Å². The van der Waals surface area contributed by atoms with E-state index in [1.165, 1.54) is 35.2 Å². The molecule has 2 aromatic carbocycles. The number of H-pyrrole nitrogens is 1. The molecule has 44 heavy (non-hydrogen) atoms. The van der Waals surface area contributed by atoms with Crippen LogP contribution < -0.4 is 4.90 Å². The van der Waals surface area contributed by atoms with Gasteiger partial charge in [-0.05, 0) is 92.1 Å². The number of benzene rings is 2. The number of aryl methyl sites for hydroxylation is 2. The van der Waals surface area contributed by atoms with Gasteiger partial charge in [-0.1, -0.05) is 25.0 Å². The highest BCUT2D eigenvalue weighted by Gasteiger charge is 2.27. The minimum atomic E-state index is -2.40. The Morgan fingerprint density at radius 2 is 1.57 bits per heavy atom. The van der Waals surface area contributed by atoms with Crippen LogP contribution in [0.4, 0.5) is 5.69 Å². The molecule has 1 unspecified atom stereocenters. The highest BCUT2D eigenvalue weighted by Crippen LogP contribution is 2.35. The third kappa shape index (κ3) is 5.92. The van der Waals surface area contributed by atoms with Gasteiger partial charge in [0.25, 0.3) is 0 Å². The summed E-state index contributed by atoms with van der Waals surface area (Å²) in [5.74, 6) is 0. The highest BCUT2D eigenvalue weighted by molar-refractivity contribution is 7.93. The first kappa shape index (κ1) is 29.5. The summed E-state index contributed by atoms with van der Waals surface area (Å²) in [5.41, 5.74) is 9.37. The van der Waals surface area contributed by atoms with Gasteiger partial charge in [-0.25, -0.2) is 13.6 Å². The maximum absolute atomic E-state index is 13.4. The molecule has 1 atom stereocenters. The molecule has 3 fully saturated rings. The summed E-state index contributed by atoms with van der Waals surface area (Å²) in [6.07, 6.45) is 12.6. The van der Waals surface area contributed by atoms with E-state index in [1.54, 1.807) is 6.26 Å². The van der Waals surface area contributed by atoms with Gasteiger partial charge in [0.1, 0.15) is 5.65 Å². The van der Waals surface area contributed by atoms with E-state index in [9.17, 15) is 4.21 Å². The number of ether oxygens (including phenoxy) is 1. The second-order valence-electron chi connectivity index (χ2n) is 13.0. The van der Waals surface area contributed by atoms with E-state index in [4.69, 9.17) is 14.1 Å². The van der Waals surface area contributed by atoms with Crippen LogP contribution in [0.3, 0.4) is 0 Å². The fraction of sp³-hybridized carbons (Fsp3) is 0.472. The molecule has 2 saturated heterocycles. The first-order valence-electron chi connectivity index (χ1n) is 16.3. The predicted molar refractivity (Wildman–Crippen MR) is 181 cm³/mol. The van der Waals surface area contributed by atoms with Crippen molar-refractivity contribution in [2.75, 3.05) is 50.5 Å². The zero-order valence-corrected chi connectivity index (χ0v) is 27.2. The lowest BCUT2D eigenvalue weighted by Crippen LogP contribution is -2.52. The molecule has 7 rings (SSSR count). The van der Waals surface area contributed by atoms with Crippen LogP contribution >= 0.6 is 0 Å². The lowest BCUT2D eigenvalue weighted by Gasteiger charge is -2.42. The second kappa shape index (κ2) is 12.3. The Hall–Kier alpha value is -3.20. The van der Waals surface area contributed by atoms with Gasteiger partial charge in [-0.15, -0.1) is 0 Å². The maximum atomic E-state index is 13.4. The summed E-state index contributed by atoms with van der Waals surface area (Å²) in [5, 5.41) is 1.09. The fourth-order valence-corrected chi connectivity index (χ4v) is 9.17. The molecule has 0 radical (unpaired) electrons. The summed E-state index contributed by atoms with van der Waals surface area (Å²) in [4.78, 5) is 14.2. The molecule has 3 aliphatic rings.